The van der Waals surface area contributed by atoms with Crippen molar-refractivity contribution in [2.45, 2.75) is 13.0 Å². The third-order valence-electron chi connectivity index (χ3n) is 4.63. The summed E-state index contributed by atoms with van der Waals surface area (Å²) in [6, 6.07) is 12.9. The minimum absolute atomic E-state index is 0.128. The molecule has 0 aliphatic carbocycles. The molecule has 0 saturated carbocycles. The number of methoxy groups -OCH3 is 1. The molecule has 0 spiro atoms. The second-order valence-corrected chi connectivity index (χ2v) is 6.26. The summed E-state index contributed by atoms with van der Waals surface area (Å²) in [5, 5.41) is 7.87. The number of hydrogen-bond donors (Lipinski definition) is 0. The summed E-state index contributed by atoms with van der Waals surface area (Å²) in [7, 11) is 1.31. The van der Waals surface area contributed by atoms with Gasteiger partial charge in [0.25, 0.3) is 5.91 Å². The molecule has 0 radical (unpaired) electrons. The normalized spacial score (nSPS) is 13.3. The molecular formula is C19H18N4O4. The number of amides is 1. The molecule has 2 heterocycles. The Balaban J connectivity index is 1.46. The lowest BCUT2D eigenvalue weighted by Crippen LogP contribution is -2.40. The number of carbonyl (C=O) groups is 2. The molecule has 0 bridgehead atoms. The van der Waals surface area contributed by atoms with Gasteiger partial charge in [0.15, 0.2) is 6.61 Å². The molecule has 0 fully saturated rings. The number of fused-ring (bicyclic) bond motifs is 2. The molecule has 27 heavy (non-hydrogen) atoms. The fourth-order valence-electron chi connectivity index (χ4n) is 3.15. The van der Waals surface area contributed by atoms with E-state index in [1.54, 1.807) is 23.1 Å². The monoisotopic (exact) mass is 366 g/mol. The summed E-state index contributed by atoms with van der Waals surface area (Å²) < 4.78 is 4.72. The number of benzene rings is 2. The van der Waals surface area contributed by atoms with E-state index in [-0.39, 0.29) is 12.5 Å². The van der Waals surface area contributed by atoms with Crippen molar-refractivity contribution in [2.24, 2.45) is 0 Å². The molecule has 1 aromatic heterocycles. The highest BCUT2D eigenvalue weighted by molar-refractivity contribution is 5.93. The van der Waals surface area contributed by atoms with E-state index in [4.69, 9.17) is 9.57 Å². The van der Waals surface area contributed by atoms with Crippen LogP contribution in [-0.4, -0.2) is 52.2 Å². The molecule has 1 aliphatic heterocycles. The van der Waals surface area contributed by atoms with Crippen molar-refractivity contribution >= 4 is 22.9 Å². The molecular weight excluding hydrogens is 348 g/mol. The molecule has 138 valence electrons. The van der Waals surface area contributed by atoms with Crippen LogP contribution in [-0.2, 0) is 22.5 Å². The molecule has 8 nitrogen and oxygen atoms in total. The highest BCUT2D eigenvalue weighted by Crippen LogP contribution is 2.18. The van der Waals surface area contributed by atoms with Gasteiger partial charge in [-0.1, -0.05) is 29.1 Å². The molecule has 0 N–H and O–H groups in total. The summed E-state index contributed by atoms with van der Waals surface area (Å²) >= 11 is 0. The second-order valence-electron chi connectivity index (χ2n) is 6.26. The van der Waals surface area contributed by atoms with Crippen LogP contribution in [0.15, 0.2) is 42.5 Å². The Bertz CT molecular complexity index is 1010. The van der Waals surface area contributed by atoms with Gasteiger partial charge in [0, 0.05) is 13.1 Å². The van der Waals surface area contributed by atoms with Crippen LogP contribution in [0, 0.1) is 0 Å². The largest absolute Gasteiger partial charge is 0.465 e. The van der Waals surface area contributed by atoms with Crippen molar-refractivity contribution in [2.75, 3.05) is 20.3 Å². The average molecular weight is 366 g/mol. The highest BCUT2D eigenvalue weighted by atomic mass is 16.7. The summed E-state index contributed by atoms with van der Waals surface area (Å²) in [5.74, 6) is -0.593. The third-order valence-corrected chi connectivity index (χ3v) is 4.63. The summed E-state index contributed by atoms with van der Waals surface area (Å²) in [5.41, 5.74) is 3.85. The minimum Gasteiger partial charge on any atom is -0.465 e. The Morgan fingerprint density at radius 2 is 1.96 bits per heavy atom. The van der Waals surface area contributed by atoms with E-state index in [0.717, 1.165) is 16.8 Å². The third kappa shape index (κ3) is 3.33. The van der Waals surface area contributed by atoms with Gasteiger partial charge in [-0.25, -0.2) is 4.79 Å². The second kappa shape index (κ2) is 7.06. The van der Waals surface area contributed by atoms with Gasteiger partial charge in [-0.05, 0) is 41.0 Å². The van der Waals surface area contributed by atoms with Crippen LogP contribution >= 0.6 is 0 Å². The lowest BCUT2D eigenvalue weighted by molar-refractivity contribution is -0.137. The fourth-order valence-corrected chi connectivity index (χ4v) is 3.15. The molecule has 1 aliphatic rings. The van der Waals surface area contributed by atoms with Gasteiger partial charge in [0.2, 0.25) is 0 Å². The number of hydrogen-bond acceptors (Lipinski definition) is 6. The Morgan fingerprint density at radius 3 is 2.78 bits per heavy atom. The van der Waals surface area contributed by atoms with Crippen molar-refractivity contribution in [1.82, 2.24) is 20.1 Å². The van der Waals surface area contributed by atoms with E-state index in [9.17, 15) is 9.59 Å². The SMILES string of the molecule is COC(=O)c1ccc2nnn(OCC(=O)N3CCc4ccccc4C3)c2c1. The Morgan fingerprint density at radius 1 is 1.15 bits per heavy atom. The van der Waals surface area contributed by atoms with Crippen LogP contribution in [0.5, 0.6) is 0 Å². The maximum Gasteiger partial charge on any atom is 0.337 e. The van der Waals surface area contributed by atoms with Gasteiger partial charge < -0.3 is 14.5 Å². The molecule has 0 atom stereocenters. The van der Waals surface area contributed by atoms with Gasteiger partial charge in [-0.3, -0.25) is 4.79 Å². The van der Waals surface area contributed by atoms with Crippen molar-refractivity contribution in [3.05, 3.63) is 59.2 Å². The van der Waals surface area contributed by atoms with Crippen LogP contribution in [0.4, 0.5) is 0 Å². The van der Waals surface area contributed by atoms with E-state index in [1.807, 2.05) is 18.2 Å². The van der Waals surface area contributed by atoms with Gasteiger partial charge >= 0.3 is 5.97 Å². The van der Waals surface area contributed by atoms with E-state index in [1.165, 1.54) is 12.7 Å². The smallest absolute Gasteiger partial charge is 0.337 e. The zero-order valence-electron chi connectivity index (χ0n) is 14.8. The first-order valence-corrected chi connectivity index (χ1v) is 8.57. The van der Waals surface area contributed by atoms with Crippen LogP contribution in [0.3, 0.4) is 0 Å². The number of aromatic nitrogens is 3. The Labute approximate surface area is 155 Å². The molecule has 4 rings (SSSR count). The number of rotatable bonds is 4. The van der Waals surface area contributed by atoms with Crippen LogP contribution in [0.2, 0.25) is 0 Å². The number of carbonyl (C=O) groups excluding carboxylic acids is 2. The molecule has 0 unspecified atom stereocenters. The standard InChI is InChI=1S/C19H18N4O4/c1-26-19(25)14-6-7-16-17(10-14)23(21-20-16)27-12-18(24)22-9-8-13-4-2-3-5-15(13)11-22/h2-7,10H,8-9,11-12H2,1H3. The lowest BCUT2D eigenvalue weighted by atomic mass is 10.00. The Hall–Kier alpha value is -3.42. The number of nitrogens with zero attached hydrogens (tertiary/aromatic N) is 4. The fraction of sp³-hybridized carbons (Fsp3) is 0.263. The van der Waals surface area contributed by atoms with E-state index >= 15 is 0 Å². The lowest BCUT2D eigenvalue weighted by Gasteiger charge is -2.28. The minimum atomic E-state index is -0.465. The molecule has 1 amide bonds. The van der Waals surface area contributed by atoms with Gasteiger partial charge in [-0.2, -0.15) is 0 Å². The first-order chi connectivity index (χ1) is 13.2. The predicted octanol–water partition coefficient (Wildman–Crippen LogP) is 1.23. The van der Waals surface area contributed by atoms with Crippen molar-refractivity contribution in [3.8, 4) is 0 Å². The summed E-state index contributed by atoms with van der Waals surface area (Å²) in [6.45, 7) is 1.07. The van der Waals surface area contributed by atoms with Crippen molar-refractivity contribution in [1.29, 1.82) is 0 Å². The molecule has 3 aromatic rings. The first kappa shape index (κ1) is 17.0. The molecule has 8 heteroatoms. The maximum atomic E-state index is 12.5. The van der Waals surface area contributed by atoms with Gasteiger partial charge in [-0.15, -0.1) is 5.10 Å². The zero-order valence-corrected chi connectivity index (χ0v) is 14.8. The van der Waals surface area contributed by atoms with Crippen molar-refractivity contribution in [3.63, 3.8) is 0 Å². The zero-order chi connectivity index (χ0) is 18.8. The van der Waals surface area contributed by atoms with E-state index in [0.29, 0.717) is 29.7 Å². The van der Waals surface area contributed by atoms with Gasteiger partial charge in [0.1, 0.15) is 11.0 Å². The Kier molecular flexibility index (Phi) is 4.45. The summed E-state index contributed by atoms with van der Waals surface area (Å²) in [4.78, 5) is 32.7. The maximum absolute atomic E-state index is 12.5. The topological polar surface area (TPSA) is 86.5 Å². The number of esters is 1. The molecule has 2 aromatic carbocycles. The highest BCUT2D eigenvalue weighted by Gasteiger charge is 2.21. The van der Waals surface area contributed by atoms with E-state index in [2.05, 4.69) is 16.4 Å². The quantitative estimate of drug-likeness (QED) is 0.646. The van der Waals surface area contributed by atoms with Crippen LogP contribution in [0.1, 0.15) is 21.5 Å². The molecule has 0 saturated heterocycles. The van der Waals surface area contributed by atoms with Crippen LogP contribution in [0.25, 0.3) is 11.0 Å². The summed E-state index contributed by atoms with van der Waals surface area (Å²) in [6.07, 6.45) is 0.830. The number of ether oxygens (including phenoxy) is 1. The van der Waals surface area contributed by atoms with Crippen LogP contribution < -0.4 is 4.84 Å². The predicted molar refractivity (Wildman–Crippen MR) is 95.9 cm³/mol. The van der Waals surface area contributed by atoms with Crippen molar-refractivity contribution < 1.29 is 19.2 Å². The van der Waals surface area contributed by atoms with Gasteiger partial charge in [0.05, 0.1) is 12.7 Å². The first-order valence-electron chi connectivity index (χ1n) is 8.57. The average Bonchev–Trinajstić information content (AvgIpc) is 3.13. The van der Waals surface area contributed by atoms with E-state index < -0.39 is 5.97 Å².